The van der Waals surface area contributed by atoms with Crippen molar-refractivity contribution in [1.82, 2.24) is 9.21 Å². The van der Waals surface area contributed by atoms with E-state index in [-0.39, 0.29) is 29.8 Å². The zero-order valence-electron chi connectivity index (χ0n) is 16.4. The highest BCUT2D eigenvalue weighted by Crippen LogP contribution is 2.30. The maximum Gasteiger partial charge on any atom is 0.289 e. The Bertz CT molecular complexity index is 1080. The summed E-state index contributed by atoms with van der Waals surface area (Å²) in [6.07, 6.45) is 1.65. The summed E-state index contributed by atoms with van der Waals surface area (Å²) in [5.74, 6) is -0.167. The third kappa shape index (κ3) is 3.82. The molecule has 0 atom stereocenters. The molecule has 1 saturated heterocycles. The second-order valence-electron chi connectivity index (χ2n) is 7.68. The zero-order chi connectivity index (χ0) is 21.3. The van der Waals surface area contributed by atoms with Gasteiger partial charge in [0, 0.05) is 38.2 Å². The van der Waals surface area contributed by atoms with Gasteiger partial charge in [-0.15, -0.1) is 0 Å². The minimum atomic E-state index is -3.98. The number of amides is 1. The van der Waals surface area contributed by atoms with Gasteiger partial charge in [-0.05, 0) is 36.5 Å². The second-order valence-corrected chi connectivity index (χ2v) is 9.59. The Morgan fingerprint density at radius 2 is 1.60 bits per heavy atom. The number of carbonyl (C=O) groups is 1. The SMILES string of the molecule is O=C(C1CCN(S(=O)(=O)c2ccccc2[N+](=O)[O-])CC1)N1CCc2ccccc2C1. The Morgan fingerprint density at radius 3 is 2.30 bits per heavy atom. The van der Waals surface area contributed by atoms with Crippen LogP contribution >= 0.6 is 0 Å². The standard InChI is InChI=1S/C21H23N3O5S/c25-21(22-12-9-16-5-1-2-6-18(16)15-22)17-10-13-23(14-11-17)30(28,29)20-8-4-3-7-19(20)24(26)27/h1-8,17H,9-15H2. The van der Waals surface area contributed by atoms with Gasteiger partial charge < -0.3 is 4.90 Å². The molecule has 1 fully saturated rings. The first-order chi connectivity index (χ1) is 14.4. The summed E-state index contributed by atoms with van der Waals surface area (Å²) < 4.78 is 27.2. The maximum absolute atomic E-state index is 13.0. The highest BCUT2D eigenvalue weighted by Gasteiger charge is 2.37. The summed E-state index contributed by atoms with van der Waals surface area (Å²) in [4.78, 5) is 25.1. The van der Waals surface area contributed by atoms with E-state index in [1.807, 2.05) is 23.1 Å². The first kappa shape index (κ1) is 20.5. The van der Waals surface area contributed by atoms with Gasteiger partial charge in [0.05, 0.1) is 4.92 Å². The van der Waals surface area contributed by atoms with Crippen molar-refractivity contribution in [1.29, 1.82) is 0 Å². The van der Waals surface area contributed by atoms with Crippen molar-refractivity contribution in [3.63, 3.8) is 0 Å². The van der Waals surface area contributed by atoms with E-state index in [1.165, 1.54) is 34.1 Å². The van der Waals surface area contributed by atoms with Crippen LogP contribution in [0.4, 0.5) is 5.69 Å². The maximum atomic E-state index is 13.0. The molecule has 0 aromatic heterocycles. The van der Waals surface area contributed by atoms with Crippen molar-refractivity contribution in [3.8, 4) is 0 Å². The lowest BCUT2D eigenvalue weighted by atomic mass is 9.94. The monoisotopic (exact) mass is 429 g/mol. The number of nitro groups is 1. The van der Waals surface area contributed by atoms with E-state index < -0.39 is 20.6 Å². The van der Waals surface area contributed by atoms with Crippen LogP contribution in [0.25, 0.3) is 0 Å². The van der Waals surface area contributed by atoms with Crippen LogP contribution in [0.1, 0.15) is 24.0 Å². The number of benzene rings is 2. The number of fused-ring (bicyclic) bond motifs is 1. The molecule has 8 nitrogen and oxygen atoms in total. The average molecular weight is 429 g/mol. The van der Waals surface area contributed by atoms with Crippen molar-refractivity contribution in [2.24, 2.45) is 5.92 Å². The predicted molar refractivity (Wildman–Crippen MR) is 110 cm³/mol. The predicted octanol–water partition coefficient (Wildman–Crippen LogP) is 2.58. The van der Waals surface area contributed by atoms with E-state index >= 15 is 0 Å². The molecule has 0 unspecified atom stereocenters. The molecule has 2 aliphatic heterocycles. The Hall–Kier alpha value is -2.78. The molecule has 0 N–H and O–H groups in total. The van der Waals surface area contributed by atoms with Gasteiger partial charge in [-0.1, -0.05) is 36.4 Å². The van der Waals surface area contributed by atoms with E-state index in [9.17, 15) is 23.3 Å². The summed E-state index contributed by atoms with van der Waals surface area (Å²) in [6.45, 7) is 1.61. The van der Waals surface area contributed by atoms with Crippen molar-refractivity contribution in [2.45, 2.75) is 30.7 Å². The van der Waals surface area contributed by atoms with Crippen LogP contribution in [-0.4, -0.2) is 48.1 Å². The number of hydrogen-bond donors (Lipinski definition) is 0. The highest BCUT2D eigenvalue weighted by atomic mass is 32.2. The molecule has 158 valence electrons. The smallest absolute Gasteiger partial charge is 0.289 e. The van der Waals surface area contributed by atoms with Crippen LogP contribution in [0, 0.1) is 16.0 Å². The fraction of sp³-hybridized carbons (Fsp3) is 0.381. The molecule has 2 aromatic carbocycles. The third-order valence-corrected chi connectivity index (χ3v) is 7.87. The van der Waals surface area contributed by atoms with Gasteiger partial charge in [-0.25, -0.2) is 8.42 Å². The van der Waals surface area contributed by atoms with Crippen LogP contribution in [-0.2, 0) is 27.8 Å². The Morgan fingerprint density at radius 1 is 0.967 bits per heavy atom. The normalized spacial score (nSPS) is 18.1. The quantitative estimate of drug-likeness (QED) is 0.549. The van der Waals surface area contributed by atoms with E-state index in [0.29, 0.717) is 25.9 Å². The molecule has 9 heteroatoms. The fourth-order valence-corrected chi connectivity index (χ4v) is 5.88. The first-order valence-electron chi connectivity index (χ1n) is 9.97. The topological polar surface area (TPSA) is 101 Å². The van der Waals surface area contributed by atoms with E-state index in [1.54, 1.807) is 0 Å². The lowest BCUT2D eigenvalue weighted by Gasteiger charge is -2.35. The molecule has 0 saturated carbocycles. The van der Waals surface area contributed by atoms with E-state index in [0.717, 1.165) is 12.0 Å². The fourth-order valence-electron chi connectivity index (χ4n) is 4.25. The molecule has 0 radical (unpaired) electrons. The van der Waals surface area contributed by atoms with E-state index in [4.69, 9.17) is 0 Å². The summed E-state index contributed by atoms with van der Waals surface area (Å²) in [5, 5.41) is 11.2. The second kappa shape index (κ2) is 8.16. The average Bonchev–Trinajstić information content (AvgIpc) is 2.78. The van der Waals surface area contributed by atoms with Gasteiger partial charge in [-0.3, -0.25) is 14.9 Å². The van der Waals surface area contributed by atoms with Gasteiger partial charge in [0.1, 0.15) is 0 Å². The molecule has 2 aliphatic rings. The number of nitrogens with zero attached hydrogens (tertiary/aromatic N) is 3. The minimum Gasteiger partial charge on any atom is -0.338 e. The Balaban J connectivity index is 1.43. The molecule has 2 heterocycles. The highest BCUT2D eigenvalue weighted by molar-refractivity contribution is 7.89. The van der Waals surface area contributed by atoms with Gasteiger partial charge in [-0.2, -0.15) is 4.31 Å². The number of nitro benzene ring substituents is 1. The van der Waals surface area contributed by atoms with Gasteiger partial charge in [0.15, 0.2) is 4.90 Å². The van der Waals surface area contributed by atoms with Crippen LogP contribution < -0.4 is 0 Å². The molecule has 0 spiro atoms. The zero-order valence-corrected chi connectivity index (χ0v) is 17.3. The molecule has 4 rings (SSSR count). The molecule has 30 heavy (non-hydrogen) atoms. The van der Waals surface area contributed by atoms with Gasteiger partial charge in [0.25, 0.3) is 5.69 Å². The molecule has 0 aliphatic carbocycles. The van der Waals surface area contributed by atoms with Crippen LogP contribution in [0.15, 0.2) is 53.4 Å². The van der Waals surface area contributed by atoms with Gasteiger partial charge in [0.2, 0.25) is 15.9 Å². The lowest BCUT2D eigenvalue weighted by Crippen LogP contribution is -2.45. The third-order valence-electron chi connectivity index (χ3n) is 5.93. The first-order valence-corrected chi connectivity index (χ1v) is 11.4. The van der Waals surface area contributed by atoms with Crippen molar-refractivity contribution < 1.29 is 18.1 Å². The number of para-hydroxylation sites is 1. The summed E-state index contributed by atoms with van der Waals surface area (Å²) >= 11 is 0. The van der Waals surface area contributed by atoms with Crippen molar-refractivity contribution in [3.05, 3.63) is 69.8 Å². The number of sulfonamides is 1. The Kier molecular flexibility index (Phi) is 5.57. The lowest BCUT2D eigenvalue weighted by molar-refractivity contribution is -0.387. The van der Waals surface area contributed by atoms with Crippen molar-refractivity contribution in [2.75, 3.05) is 19.6 Å². The number of hydrogen-bond acceptors (Lipinski definition) is 5. The summed E-state index contributed by atoms with van der Waals surface area (Å²) in [7, 11) is -3.98. The molecule has 0 bridgehead atoms. The molecular formula is C21H23N3O5S. The number of piperidine rings is 1. The number of carbonyl (C=O) groups excluding carboxylic acids is 1. The summed E-state index contributed by atoms with van der Waals surface area (Å²) in [5.41, 5.74) is 2.00. The summed E-state index contributed by atoms with van der Waals surface area (Å²) in [6, 6.07) is 13.5. The largest absolute Gasteiger partial charge is 0.338 e. The van der Waals surface area contributed by atoms with Crippen LogP contribution in [0.3, 0.4) is 0 Å². The molecule has 2 aromatic rings. The van der Waals surface area contributed by atoms with E-state index in [2.05, 4.69) is 6.07 Å². The van der Waals surface area contributed by atoms with Crippen LogP contribution in [0.5, 0.6) is 0 Å². The van der Waals surface area contributed by atoms with Crippen LogP contribution in [0.2, 0.25) is 0 Å². The molecule has 1 amide bonds. The minimum absolute atomic E-state index is 0.0623. The van der Waals surface area contributed by atoms with Gasteiger partial charge >= 0.3 is 0 Å². The van der Waals surface area contributed by atoms with Crippen molar-refractivity contribution >= 4 is 21.6 Å². The molecular weight excluding hydrogens is 406 g/mol. The number of rotatable bonds is 4. The Labute approximate surface area is 175 Å².